The van der Waals surface area contributed by atoms with Crippen molar-refractivity contribution in [2.75, 3.05) is 27.5 Å². The summed E-state index contributed by atoms with van der Waals surface area (Å²) >= 11 is 0. The molecule has 0 fully saturated rings. The van der Waals surface area contributed by atoms with E-state index in [1.54, 1.807) is 43.2 Å². The molecule has 0 unspecified atom stereocenters. The Morgan fingerprint density at radius 3 is 2.52 bits per heavy atom. The fourth-order valence-corrected chi connectivity index (χ4v) is 4.42. The maximum absolute atomic E-state index is 13.4. The molecule has 206 valence electrons. The van der Waals surface area contributed by atoms with Gasteiger partial charge in [-0.05, 0) is 49.7 Å². The number of carbonyl (C=O) groups excluding carboxylic acids is 2. The highest BCUT2D eigenvalue weighted by molar-refractivity contribution is 6.07. The van der Waals surface area contributed by atoms with E-state index in [0.717, 1.165) is 23.4 Å². The second-order valence-electron chi connectivity index (χ2n) is 9.42. The van der Waals surface area contributed by atoms with Crippen LogP contribution in [0.25, 0.3) is 0 Å². The monoisotopic (exact) mass is 550 g/mol. The molecule has 1 aliphatic heterocycles. The molecule has 0 spiro atoms. The van der Waals surface area contributed by atoms with Crippen LogP contribution in [-0.4, -0.2) is 38.7 Å². The molecular weight excluding hydrogens is 525 g/mol. The number of halogens is 3. The van der Waals surface area contributed by atoms with E-state index in [4.69, 9.17) is 0 Å². The highest BCUT2D eigenvalue weighted by Gasteiger charge is 2.32. The van der Waals surface area contributed by atoms with Crippen molar-refractivity contribution in [2.24, 2.45) is 7.05 Å². The third-order valence-corrected chi connectivity index (χ3v) is 6.46. The maximum Gasteiger partial charge on any atom is 0.416 e. The van der Waals surface area contributed by atoms with Crippen LogP contribution in [0.2, 0.25) is 0 Å². The number of carbonyl (C=O) groups is 2. The Labute approximate surface area is 227 Å². The summed E-state index contributed by atoms with van der Waals surface area (Å²) in [6.07, 6.45) is -2.93. The Bertz CT molecular complexity index is 1630. The van der Waals surface area contributed by atoms with Gasteiger partial charge in [-0.3, -0.25) is 19.3 Å². The Hall–Kier alpha value is -4.94. The van der Waals surface area contributed by atoms with Gasteiger partial charge in [0.2, 0.25) is 5.95 Å². The van der Waals surface area contributed by atoms with Crippen molar-refractivity contribution < 1.29 is 22.8 Å². The smallest absolute Gasteiger partial charge is 0.322 e. The Balaban J connectivity index is 1.38. The molecule has 2 aromatic carbocycles. The first-order valence-electron chi connectivity index (χ1n) is 12.2. The minimum absolute atomic E-state index is 0.137. The molecule has 0 saturated carbocycles. The van der Waals surface area contributed by atoms with Crippen LogP contribution in [0.1, 0.15) is 32.7 Å². The van der Waals surface area contributed by atoms with Gasteiger partial charge in [0.05, 0.1) is 23.5 Å². The molecule has 0 bridgehead atoms. The van der Waals surface area contributed by atoms with Gasteiger partial charge in [0.15, 0.2) is 0 Å². The molecule has 10 nitrogen and oxygen atoms in total. The van der Waals surface area contributed by atoms with E-state index in [-0.39, 0.29) is 18.1 Å². The minimum Gasteiger partial charge on any atom is -0.322 e. The second kappa shape index (κ2) is 9.98. The van der Waals surface area contributed by atoms with E-state index in [2.05, 4.69) is 25.7 Å². The van der Waals surface area contributed by atoms with Crippen LogP contribution in [0, 0.1) is 13.8 Å². The van der Waals surface area contributed by atoms with Crippen molar-refractivity contribution in [1.82, 2.24) is 19.7 Å². The molecule has 5 rings (SSSR count). The van der Waals surface area contributed by atoms with Crippen molar-refractivity contribution in [3.8, 4) is 0 Å². The van der Waals surface area contributed by atoms with Crippen LogP contribution >= 0.6 is 0 Å². The number of hydrogen-bond donors (Lipinski definition) is 2. The zero-order chi connectivity index (χ0) is 28.8. The standard InChI is InChI=1S/C27H25F3N8O2/c1-15-8-9-20(32-24(39)17-6-5-7-19(11-17)27(28,29)30)12-21(15)38-14-18-13-31-25(34-23(18)36(3)26(38)40)33-22-10-16(2)35-37(22)4/h5-13H,14H2,1-4H3,(H,32,39)(H,31,33,34). The summed E-state index contributed by atoms with van der Waals surface area (Å²) in [6.45, 7) is 3.86. The van der Waals surface area contributed by atoms with Crippen molar-refractivity contribution in [3.63, 3.8) is 0 Å². The van der Waals surface area contributed by atoms with E-state index < -0.39 is 17.6 Å². The number of aryl methyl sites for hydroxylation is 3. The number of alkyl halides is 3. The zero-order valence-electron chi connectivity index (χ0n) is 22.0. The van der Waals surface area contributed by atoms with Crippen molar-refractivity contribution >= 4 is 40.9 Å². The van der Waals surface area contributed by atoms with E-state index in [9.17, 15) is 22.8 Å². The van der Waals surface area contributed by atoms with Crippen LogP contribution in [0.4, 0.5) is 46.9 Å². The summed E-state index contributed by atoms with van der Waals surface area (Å²) in [4.78, 5) is 38.0. The number of nitrogens with one attached hydrogen (secondary N) is 2. The zero-order valence-corrected chi connectivity index (χ0v) is 22.0. The average molecular weight is 551 g/mol. The van der Waals surface area contributed by atoms with Gasteiger partial charge in [0.1, 0.15) is 11.6 Å². The average Bonchev–Trinajstić information content (AvgIpc) is 3.23. The largest absolute Gasteiger partial charge is 0.416 e. The van der Waals surface area contributed by atoms with Crippen LogP contribution in [-0.2, 0) is 19.8 Å². The summed E-state index contributed by atoms with van der Waals surface area (Å²) in [5.41, 5.74) is 2.08. The van der Waals surface area contributed by atoms with Crippen LogP contribution in [0.3, 0.4) is 0 Å². The normalized spacial score (nSPS) is 13.3. The fourth-order valence-electron chi connectivity index (χ4n) is 4.42. The molecule has 2 aromatic heterocycles. The van der Waals surface area contributed by atoms with E-state index in [1.807, 2.05) is 19.9 Å². The van der Waals surface area contributed by atoms with Gasteiger partial charge < -0.3 is 10.6 Å². The molecule has 3 amide bonds. The van der Waals surface area contributed by atoms with E-state index in [1.165, 1.54) is 21.9 Å². The highest BCUT2D eigenvalue weighted by Crippen LogP contribution is 2.34. The summed E-state index contributed by atoms with van der Waals surface area (Å²) < 4.78 is 40.9. The molecule has 0 radical (unpaired) electrons. The molecule has 1 aliphatic rings. The number of benzene rings is 2. The molecule has 3 heterocycles. The molecule has 0 atom stereocenters. The molecule has 13 heteroatoms. The van der Waals surface area contributed by atoms with Gasteiger partial charge in [-0.25, -0.2) is 9.78 Å². The lowest BCUT2D eigenvalue weighted by Crippen LogP contribution is -2.46. The molecule has 0 saturated heterocycles. The molecule has 40 heavy (non-hydrogen) atoms. The number of hydrogen-bond acceptors (Lipinski definition) is 6. The van der Waals surface area contributed by atoms with Gasteiger partial charge >= 0.3 is 12.2 Å². The number of nitrogens with zero attached hydrogens (tertiary/aromatic N) is 6. The minimum atomic E-state index is -4.57. The number of rotatable bonds is 5. The lowest BCUT2D eigenvalue weighted by atomic mass is 10.1. The number of fused-ring (bicyclic) bond motifs is 1. The third kappa shape index (κ3) is 5.17. The SMILES string of the molecule is Cc1cc(Nc2ncc3c(n2)N(C)C(=O)N(c2cc(NC(=O)c4cccc(C(F)(F)F)c4)ccc2C)C3)n(C)n1. The first-order valence-corrected chi connectivity index (χ1v) is 12.2. The van der Waals surface area contributed by atoms with Gasteiger partial charge in [-0.2, -0.15) is 23.3 Å². The summed E-state index contributed by atoms with van der Waals surface area (Å²) in [5.74, 6) is 0.753. The van der Waals surface area contributed by atoms with Crippen LogP contribution in [0.15, 0.2) is 54.7 Å². The van der Waals surface area contributed by atoms with Gasteiger partial charge in [0.25, 0.3) is 5.91 Å². The number of anilines is 5. The highest BCUT2D eigenvalue weighted by atomic mass is 19.4. The molecule has 2 N–H and O–H groups in total. The second-order valence-corrected chi connectivity index (χ2v) is 9.42. The van der Waals surface area contributed by atoms with Gasteiger partial charge in [0, 0.05) is 43.2 Å². The van der Waals surface area contributed by atoms with Crippen molar-refractivity contribution in [1.29, 1.82) is 0 Å². The van der Waals surface area contributed by atoms with E-state index >= 15 is 0 Å². The number of urea groups is 1. The third-order valence-electron chi connectivity index (χ3n) is 6.46. The van der Waals surface area contributed by atoms with Crippen LogP contribution < -0.4 is 20.4 Å². The first kappa shape index (κ1) is 26.7. The Kier molecular flexibility index (Phi) is 6.65. The molecule has 4 aromatic rings. The quantitative estimate of drug-likeness (QED) is 0.344. The van der Waals surface area contributed by atoms with Crippen molar-refractivity contribution in [2.45, 2.75) is 26.6 Å². The van der Waals surface area contributed by atoms with Gasteiger partial charge in [-0.1, -0.05) is 12.1 Å². The van der Waals surface area contributed by atoms with Crippen LogP contribution in [0.5, 0.6) is 0 Å². The first-order chi connectivity index (χ1) is 18.9. The topological polar surface area (TPSA) is 108 Å². The van der Waals surface area contributed by atoms with Gasteiger partial charge in [-0.15, -0.1) is 0 Å². The summed E-state index contributed by atoms with van der Waals surface area (Å²) in [7, 11) is 3.40. The number of aromatic nitrogens is 4. The lowest BCUT2D eigenvalue weighted by molar-refractivity contribution is -0.137. The molecular formula is C27H25F3N8O2. The fraction of sp³-hybridized carbons (Fsp3) is 0.222. The summed E-state index contributed by atoms with van der Waals surface area (Å²) in [5, 5.41) is 10.0. The lowest BCUT2D eigenvalue weighted by Gasteiger charge is -2.35. The van der Waals surface area contributed by atoms with Crippen molar-refractivity contribution in [3.05, 3.63) is 82.7 Å². The predicted molar refractivity (Wildman–Crippen MR) is 144 cm³/mol. The Morgan fingerprint density at radius 2 is 1.82 bits per heavy atom. The summed E-state index contributed by atoms with van der Waals surface area (Å²) in [6, 6.07) is 10.6. The van der Waals surface area contributed by atoms with E-state index in [0.29, 0.717) is 34.5 Å². The predicted octanol–water partition coefficient (Wildman–Crippen LogP) is 5.42. The maximum atomic E-state index is 13.4. The molecule has 0 aliphatic carbocycles. The number of amides is 3. The Morgan fingerprint density at radius 1 is 1.05 bits per heavy atom.